The van der Waals surface area contributed by atoms with Gasteiger partial charge in [0.2, 0.25) is 11.5 Å². The number of carbonyl (C=O) groups excluding carboxylic acids is 2. The summed E-state index contributed by atoms with van der Waals surface area (Å²) in [4.78, 5) is 35.7. The lowest BCUT2D eigenvalue weighted by atomic mass is 9.80. The fourth-order valence-electron chi connectivity index (χ4n) is 4.41. The van der Waals surface area contributed by atoms with Gasteiger partial charge >= 0.3 is 5.97 Å². The average Bonchev–Trinajstić information content (AvgIpc) is 2.85. The van der Waals surface area contributed by atoms with E-state index in [4.69, 9.17) is 14.2 Å². The third-order valence-electron chi connectivity index (χ3n) is 6.21. The number of hydrogen-bond donors (Lipinski definition) is 0. The van der Waals surface area contributed by atoms with Crippen LogP contribution in [-0.2, 0) is 14.3 Å². The molecule has 5 rings (SSSR count). The van der Waals surface area contributed by atoms with Crippen molar-refractivity contribution in [2.24, 2.45) is 5.92 Å². The van der Waals surface area contributed by atoms with E-state index in [1.165, 1.54) is 30.5 Å². The number of fused-ring (bicyclic) bond motifs is 2. The lowest BCUT2D eigenvalue weighted by Crippen LogP contribution is -2.43. The highest BCUT2D eigenvalue weighted by Crippen LogP contribution is 2.35. The molecule has 1 saturated carbocycles. The molecule has 0 saturated heterocycles. The minimum atomic E-state index is -0.559. The number of hydrogen-bond acceptors (Lipinski definition) is 7. The van der Waals surface area contributed by atoms with Gasteiger partial charge in [0.05, 0.1) is 16.4 Å². The number of benzene rings is 3. The molecule has 0 N–H and O–H groups in total. The van der Waals surface area contributed by atoms with E-state index in [9.17, 15) is 19.7 Å². The van der Waals surface area contributed by atoms with Crippen LogP contribution < -0.4 is 4.74 Å². The molecule has 1 aliphatic heterocycles. The van der Waals surface area contributed by atoms with Crippen molar-refractivity contribution < 1.29 is 28.7 Å². The van der Waals surface area contributed by atoms with Crippen molar-refractivity contribution >= 4 is 28.2 Å². The minimum Gasteiger partial charge on any atom is -0.493 e. The molecule has 3 atom stereocenters. The van der Waals surface area contributed by atoms with E-state index in [1.54, 1.807) is 0 Å². The van der Waals surface area contributed by atoms with Gasteiger partial charge in [-0.2, -0.15) is 0 Å². The van der Waals surface area contributed by atoms with Crippen molar-refractivity contribution in [2.75, 3.05) is 0 Å². The zero-order valence-electron chi connectivity index (χ0n) is 18.1. The fraction of sp³-hybridized carbons (Fsp3) is 0.231. The summed E-state index contributed by atoms with van der Waals surface area (Å²) < 4.78 is 17.2. The summed E-state index contributed by atoms with van der Waals surface area (Å²) in [5.41, 5.74) is 0.138. The number of ether oxygens (including phenoxy) is 3. The van der Waals surface area contributed by atoms with E-state index in [2.05, 4.69) is 0 Å². The first-order valence-electron chi connectivity index (χ1n) is 11.0. The molecule has 8 heteroatoms. The number of ketones is 1. The molecular weight excluding hydrogens is 438 g/mol. The van der Waals surface area contributed by atoms with E-state index in [0.717, 1.165) is 10.8 Å². The molecule has 0 aromatic heterocycles. The average molecular weight is 459 g/mol. The van der Waals surface area contributed by atoms with Gasteiger partial charge in [0.15, 0.2) is 0 Å². The molecule has 0 radical (unpaired) electrons. The molecule has 0 amide bonds. The number of non-ortho nitro benzene ring substituents is 1. The van der Waals surface area contributed by atoms with Crippen LogP contribution in [0.1, 0.15) is 29.6 Å². The molecule has 0 spiro atoms. The molecule has 1 heterocycles. The van der Waals surface area contributed by atoms with Crippen molar-refractivity contribution in [3.05, 3.63) is 94.4 Å². The summed E-state index contributed by atoms with van der Waals surface area (Å²) in [5, 5.41) is 12.9. The Bertz CT molecular complexity index is 1300. The third-order valence-corrected chi connectivity index (χ3v) is 6.21. The summed E-state index contributed by atoms with van der Waals surface area (Å²) in [7, 11) is 0. The Morgan fingerprint density at radius 2 is 1.76 bits per heavy atom. The first-order valence-corrected chi connectivity index (χ1v) is 11.0. The molecule has 34 heavy (non-hydrogen) atoms. The lowest BCUT2D eigenvalue weighted by molar-refractivity contribution is -0.384. The van der Waals surface area contributed by atoms with E-state index >= 15 is 0 Å². The van der Waals surface area contributed by atoms with Crippen LogP contribution in [0.15, 0.2) is 78.8 Å². The molecule has 1 fully saturated rings. The number of nitro benzene ring substituents is 1. The molecule has 3 aromatic carbocycles. The van der Waals surface area contributed by atoms with Gasteiger partial charge in [-0.15, -0.1) is 0 Å². The second-order valence-electron chi connectivity index (χ2n) is 8.38. The van der Waals surface area contributed by atoms with E-state index in [1.807, 2.05) is 42.5 Å². The number of carbonyl (C=O) groups is 2. The molecule has 172 valence electrons. The third kappa shape index (κ3) is 4.34. The zero-order chi connectivity index (χ0) is 23.7. The lowest BCUT2D eigenvalue weighted by Gasteiger charge is -2.36. The topological polar surface area (TPSA) is 105 Å². The van der Waals surface area contributed by atoms with Gasteiger partial charge in [-0.25, -0.2) is 4.79 Å². The summed E-state index contributed by atoms with van der Waals surface area (Å²) in [6, 6.07) is 18.8. The van der Waals surface area contributed by atoms with Crippen LogP contribution in [0.4, 0.5) is 5.69 Å². The highest BCUT2D eigenvalue weighted by atomic mass is 16.6. The maximum absolute atomic E-state index is 13.0. The normalized spacial score (nSPS) is 21.7. The first-order chi connectivity index (χ1) is 16.5. The van der Waals surface area contributed by atoms with Crippen molar-refractivity contribution in [1.82, 2.24) is 0 Å². The summed E-state index contributed by atoms with van der Waals surface area (Å²) >= 11 is 0. The van der Waals surface area contributed by atoms with Gasteiger partial charge in [0.25, 0.3) is 5.69 Å². The second-order valence-corrected chi connectivity index (χ2v) is 8.38. The van der Waals surface area contributed by atoms with E-state index < -0.39 is 23.1 Å². The molecule has 3 aromatic rings. The minimum absolute atomic E-state index is 0.0975. The standard InChI is InChI=1S/C26H21NO7/c28-25-22-12-11-21(34-26(29)17-5-8-19(9-6-17)27(30)31)14-23(22)32-15-24(25)33-20-10-7-16-3-1-2-4-18(16)13-20/h1-10,13,15,21-23H,11-12,14H2. The van der Waals surface area contributed by atoms with Crippen LogP contribution in [0.25, 0.3) is 10.8 Å². The number of nitro groups is 1. The number of nitrogens with zero attached hydrogens (tertiary/aromatic N) is 1. The predicted octanol–water partition coefficient (Wildman–Crippen LogP) is 4.96. The van der Waals surface area contributed by atoms with Crippen LogP contribution in [0.3, 0.4) is 0 Å². The van der Waals surface area contributed by atoms with Crippen molar-refractivity contribution in [3.8, 4) is 5.75 Å². The number of esters is 1. The Balaban J connectivity index is 1.22. The van der Waals surface area contributed by atoms with Gasteiger partial charge in [-0.3, -0.25) is 14.9 Å². The fourth-order valence-corrected chi connectivity index (χ4v) is 4.41. The van der Waals surface area contributed by atoms with Gasteiger partial charge in [-0.1, -0.05) is 30.3 Å². The maximum atomic E-state index is 13.0. The Labute approximate surface area is 194 Å². The highest BCUT2D eigenvalue weighted by molar-refractivity contribution is 5.97. The Morgan fingerprint density at radius 1 is 1.00 bits per heavy atom. The smallest absolute Gasteiger partial charge is 0.338 e. The van der Waals surface area contributed by atoms with E-state index in [-0.39, 0.29) is 28.7 Å². The van der Waals surface area contributed by atoms with Gasteiger partial charge < -0.3 is 14.2 Å². The van der Waals surface area contributed by atoms with Crippen LogP contribution in [-0.4, -0.2) is 28.9 Å². The SMILES string of the molecule is O=C(OC1CCC2C(=O)C(Oc3ccc4ccccc4c3)=COC2C1)c1ccc([N+](=O)[O-])cc1. The Kier molecular flexibility index (Phi) is 5.71. The first kappa shape index (κ1) is 21.6. The Morgan fingerprint density at radius 3 is 2.53 bits per heavy atom. The molecule has 0 bridgehead atoms. The molecule has 1 aliphatic carbocycles. The van der Waals surface area contributed by atoms with Gasteiger partial charge in [0.1, 0.15) is 24.2 Å². The molecule has 3 unspecified atom stereocenters. The van der Waals surface area contributed by atoms with Gasteiger partial charge in [0, 0.05) is 18.6 Å². The number of Topliss-reactive ketones (excluding diaryl/α,β-unsaturated/α-hetero) is 1. The van der Waals surface area contributed by atoms with Crippen LogP contribution >= 0.6 is 0 Å². The van der Waals surface area contributed by atoms with Gasteiger partial charge in [-0.05, 0) is 47.9 Å². The number of rotatable bonds is 5. The van der Waals surface area contributed by atoms with Crippen LogP contribution in [0.5, 0.6) is 5.75 Å². The summed E-state index contributed by atoms with van der Waals surface area (Å²) in [6.07, 6.45) is 1.93. The molecule has 8 nitrogen and oxygen atoms in total. The maximum Gasteiger partial charge on any atom is 0.338 e. The van der Waals surface area contributed by atoms with Crippen molar-refractivity contribution in [1.29, 1.82) is 0 Å². The zero-order valence-corrected chi connectivity index (χ0v) is 18.1. The quantitative estimate of drug-likeness (QED) is 0.302. The predicted molar refractivity (Wildman–Crippen MR) is 122 cm³/mol. The van der Waals surface area contributed by atoms with Crippen LogP contribution in [0.2, 0.25) is 0 Å². The monoisotopic (exact) mass is 459 g/mol. The largest absolute Gasteiger partial charge is 0.493 e. The summed E-state index contributed by atoms with van der Waals surface area (Å²) in [6.45, 7) is 0. The van der Waals surface area contributed by atoms with Crippen molar-refractivity contribution in [3.63, 3.8) is 0 Å². The second kappa shape index (κ2) is 8.97. The summed E-state index contributed by atoms with van der Waals surface area (Å²) in [5.74, 6) is -0.320. The van der Waals surface area contributed by atoms with Crippen LogP contribution in [0, 0.1) is 16.0 Å². The highest BCUT2D eigenvalue weighted by Gasteiger charge is 2.42. The molecule has 2 aliphatic rings. The van der Waals surface area contributed by atoms with E-state index in [0.29, 0.717) is 25.0 Å². The Hall–Kier alpha value is -4.20. The number of allylic oxidation sites excluding steroid dienone is 1. The van der Waals surface area contributed by atoms with Crippen molar-refractivity contribution in [2.45, 2.75) is 31.5 Å². The molecular formula is C26H21NO7.